The molecule has 2 rings (SSSR count). The normalized spacial score (nSPS) is 23.3. The van der Waals surface area contributed by atoms with Gasteiger partial charge in [-0.15, -0.1) is 11.3 Å². The number of aliphatic hydroxyl groups excluding tert-OH is 1. The van der Waals surface area contributed by atoms with E-state index in [1.54, 1.807) is 11.3 Å². The maximum atomic E-state index is 8.91. The Kier molecular flexibility index (Phi) is 2.95. The van der Waals surface area contributed by atoms with Crippen LogP contribution in [-0.2, 0) is 11.3 Å². The second-order valence-electron chi connectivity index (χ2n) is 3.09. The maximum Gasteiger partial charge on any atom is 0.0774 e. The van der Waals surface area contributed by atoms with Gasteiger partial charge < -0.3 is 15.2 Å². The summed E-state index contributed by atoms with van der Waals surface area (Å²) in [7, 11) is 0. The number of thiophene rings is 1. The van der Waals surface area contributed by atoms with Crippen molar-refractivity contribution in [2.45, 2.75) is 12.6 Å². The van der Waals surface area contributed by atoms with Gasteiger partial charge in [-0.05, 0) is 17.0 Å². The Morgan fingerprint density at radius 2 is 2.62 bits per heavy atom. The average molecular weight is 199 g/mol. The van der Waals surface area contributed by atoms with Gasteiger partial charge in [0.25, 0.3) is 0 Å². The fraction of sp³-hybridized carbons (Fsp3) is 0.556. The van der Waals surface area contributed by atoms with Crippen LogP contribution in [0.2, 0.25) is 0 Å². The molecule has 1 aromatic heterocycles. The molecule has 1 aromatic rings. The summed E-state index contributed by atoms with van der Waals surface area (Å²) in [6, 6.07) is 2.35. The molecular weight excluding hydrogens is 186 g/mol. The highest BCUT2D eigenvalue weighted by Crippen LogP contribution is 2.22. The molecule has 1 aliphatic heterocycles. The largest absolute Gasteiger partial charge is 0.391 e. The molecule has 13 heavy (non-hydrogen) atoms. The molecule has 2 N–H and O–H groups in total. The summed E-state index contributed by atoms with van der Waals surface area (Å²) in [5, 5.41) is 14.4. The van der Waals surface area contributed by atoms with Crippen LogP contribution >= 0.6 is 11.3 Å². The third-order valence-corrected chi connectivity index (χ3v) is 3.09. The van der Waals surface area contributed by atoms with Gasteiger partial charge in [0.1, 0.15) is 0 Å². The van der Waals surface area contributed by atoms with Crippen molar-refractivity contribution in [1.82, 2.24) is 5.32 Å². The van der Waals surface area contributed by atoms with Gasteiger partial charge in [-0.25, -0.2) is 0 Å². The molecule has 3 nitrogen and oxygen atoms in total. The van der Waals surface area contributed by atoms with Gasteiger partial charge >= 0.3 is 0 Å². The number of hydrogen-bond donors (Lipinski definition) is 2. The van der Waals surface area contributed by atoms with Crippen LogP contribution in [0.5, 0.6) is 0 Å². The van der Waals surface area contributed by atoms with Crippen LogP contribution in [0, 0.1) is 0 Å². The first-order valence-electron chi connectivity index (χ1n) is 4.39. The molecule has 0 saturated carbocycles. The van der Waals surface area contributed by atoms with E-state index < -0.39 is 0 Å². The van der Waals surface area contributed by atoms with Crippen molar-refractivity contribution < 1.29 is 9.84 Å². The number of morpholine rings is 1. The van der Waals surface area contributed by atoms with Crippen LogP contribution in [0.1, 0.15) is 16.5 Å². The van der Waals surface area contributed by atoms with Gasteiger partial charge in [-0.1, -0.05) is 0 Å². The van der Waals surface area contributed by atoms with Gasteiger partial charge in [0.2, 0.25) is 0 Å². The lowest BCUT2D eigenvalue weighted by Crippen LogP contribution is -2.34. The Hall–Kier alpha value is -0.420. The number of ether oxygens (including phenoxy) is 1. The lowest BCUT2D eigenvalue weighted by Gasteiger charge is -2.22. The summed E-state index contributed by atoms with van der Waals surface area (Å²) in [6.45, 7) is 2.59. The van der Waals surface area contributed by atoms with E-state index in [1.165, 1.54) is 5.56 Å². The SMILES string of the molecule is OCc1cc(C2COCCN2)cs1. The van der Waals surface area contributed by atoms with Crippen molar-refractivity contribution in [2.75, 3.05) is 19.8 Å². The van der Waals surface area contributed by atoms with Gasteiger partial charge in [-0.3, -0.25) is 0 Å². The van der Waals surface area contributed by atoms with Crippen molar-refractivity contribution in [3.8, 4) is 0 Å². The van der Waals surface area contributed by atoms with Gasteiger partial charge in [0, 0.05) is 11.4 Å². The average Bonchev–Trinajstić information content (AvgIpc) is 2.67. The molecule has 2 heterocycles. The molecular formula is C9H13NO2S. The topological polar surface area (TPSA) is 41.5 Å². The summed E-state index contributed by atoms with van der Waals surface area (Å²) >= 11 is 1.60. The van der Waals surface area contributed by atoms with Crippen molar-refractivity contribution >= 4 is 11.3 Å². The zero-order valence-electron chi connectivity index (χ0n) is 7.32. The molecule has 0 radical (unpaired) electrons. The van der Waals surface area contributed by atoms with E-state index in [0.29, 0.717) is 6.04 Å². The second-order valence-corrected chi connectivity index (χ2v) is 4.08. The molecule has 1 atom stereocenters. The predicted molar refractivity (Wildman–Crippen MR) is 51.8 cm³/mol. The Bertz CT molecular complexity index is 268. The monoisotopic (exact) mass is 199 g/mol. The van der Waals surface area contributed by atoms with Crippen LogP contribution in [0.4, 0.5) is 0 Å². The van der Waals surface area contributed by atoms with E-state index in [2.05, 4.69) is 10.7 Å². The zero-order chi connectivity index (χ0) is 9.10. The van der Waals surface area contributed by atoms with Gasteiger partial charge in [0.05, 0.1) is 25.9 Å². The van der Waals surface area contributed by atoms with Gasteiger partial charge in [0.15, 0.2) is 0 Å². The summed E-state index contributed by atoms with van der Waals surface area (Å²) in [5.41, 5.74) is 1.23. The number of hydrogen-bond acceptors (Lipinski definition) is 4. The van der Waals surface area contributed by atoms with E-state index in [4.69, 9.17) is 9.84 Å². The zero-order valence-corrected chi connectivity index (χ0v) is 8.14. The van der Waals surface area contributed by atoms with E-state index in [1.807, 2.05) is 6.07 Å². The molecule has 4 heteroatoms. The Morgan fingerprint density at radius 1 is 1.69 bits per heavy atom. The minimum Gasteiger partial charge on any atom is -0.391 e. The fourth-order valence-corrected chi connectivity index (χ4v) is 2.24. The Balaban J connectivity index is 2.05. The highest BCUT2D eigenvalue weighted by molar-refractivity contribution is 7.10. The molecule has 1 saturated heterocycles. The number of rotatable bonds is 2. The molecule has 0 bridgehead atoms. The number of nitrogens with one attached hydrogen (secondary N) is 1. The smallest absolute Gasteiger partial charge is 0.0774 e. The van der Waals surface area contributed by atoms with Crippen LogP contribution in [0.25, 0.3) is 0 Å². The van der Waals surface area contributed by atoms with Crippen molar-refractivity contribution in [1.29, 1.82) is 0 Å². The molecule has 0 aliphatic carbocycles. The van der Waals surface area contributed by atoms with Crippen molar-refractivity contribution in [3.63, 3.8) is 0 Å². The van der Waals surface area contributed by atoms with Crippen LogP contribution < -0.4 is 5.32 Å². The molecule has 0 spiro atoms. The highest BCUT2D eigenvalue weighted by atomic mass is 32.1. The van der Waals surface area contributed by atoms with E-state index in [0.717, 1.165) is 24.6 Å². The van der Waals surface area contributed by atoms with Gasteiger partial charge in [-0.2, -0.15) is 0 Å². The quantitative estimate of drug-likeness (QED) is 0.743. The predicted octanol–water partition coefficient (Wildman–Crippen LogP) is 0.901. The lowest BCUT2D eigenvalue weighted by atomic mass is 10.1. The first-order valence-corrected chi connectivity index (χ1v) is 5.27. The summed E-state index contributed by atoms with van der Waals surface area (Å²) in [5.74, 6) is 0. The van der Waals surface area contributed by atoms with E-state index >= 15 is 0 Å². The minimum absolute atomic E-state index is 0.137. The highest BCUT2D eigenvalue weighted by Gasteiger charge is 2.15. The van der Waals surface area contributed by atoms with E-state index in [-0.39, 0.29) is 6.61 Å². The third kappa shape index (κ3) is 2.08. The Morgan fingerprint density at radius 3 is 3.23 bits per heavy atom. The van der Waals surface area contributed by atoms with Crippen molar-refractivity contribution in [3.05, 3.63) is 21.9 Å². The third-order valence-electron chi connectivity index (χ3n) is 2.15. The molecule has 0 aromatic carbocycles. The maximum absolute atomic E-state index is 8.91. The summed E-state index contributed by atoms with van der Waals surface area (Å²) < 4.78 is 5.36. The molecule has 0 amide bonds. The van der Waals surface area contributed by atoms with Crippen molar-refractivity contribution in [2.24, 2.45) is 0 Å². The summed E-state index contributed by atoms with van der Waals surface area (Å²) in [6.07, 6.45) is 0. The van der Waals surface area contributed by atoms with Crippen LogP contribution in [0.15, 0.2) is 11.4 Å². The Labute approximate surface area is 81.3 Å². The molecule has 1 aliphatic rings. The van der Waals surface area contributed by atoms with Crippen LogP contribution in [0.3, 0.4) is 0 Å². The standard InChI is InChI=1S/C9H13NO2S/c11-4-8-3-7(6-13-8)9-5-12-2-1-10-9/h3,6,9-11H,1-2,4-5H2. The first kappa shape index (κ1) is 9.15. The molecule has 1 fully saturated rings. The lowest BCUT2D eigenvalue weighted by molar-refractivity contribution is 0.0770. The first-order chi connectivity index (χ1) is 6.40. The minimum atomic E-state index is 0.137. The fourth-order valence-electron chi connectivity index (χ4n) is 1.44. The van der Waals surface area contributed by atoms with Crippen LogP contribution in [-0.4, -0.2) is 24.9 Å². The molecule has 1 unspecified atom stereocenters. The van der Waals surface area contributed by atoms with E-state index in [9.17, 15) is 0 Å². The second kappa shape index (κ2) is 4.19. The summed E-state index contributed by atoms with van der Waals surface area (Å²) in [4.78, 5) is 1.02. The number of aliphatic hydroxyl groups is 1. The molecule has 72 valence electrons.